The van der Waals surface area contributed by atoms with Crippen molar-refractivity contribution in [1.29, 1.82) is 0 Å². The van der Waals surface area contributed by atoms with Crippen LogP contribution in [0.4, 0.5) is 10.5 Å². The number of nitrogens with zero attached hydrogens (tertiary/aromatic N) is 4. The van der Waals surface area contributed by atoms with E-state index in [-0.39, 0.29) is 24.1 Å². The van der Waals surface area contributed by atoms with E-state index < -0.39 is 5.60 Å². The Morgan fingerprint density at radius 2 is 2.04 bits per heavy atom. The van der Waals surface area contributed by atoms with Crippen LogP contribution in [0.2, 0.25) is 0 Å². The van der Waals surface area contributed by atoms with Crippen molar-refractivity contribution in [2.24, 2.45) is 0 Å². The first kappa shape index (κ1) is 17.7. The van der Waals surface area contributed by atoms with Gasteiger partial charge in [-0.1, -0.05) is 0 Å². The lowest BCUT2D eigenvalue weighted by Crippen LogP contribution is -2.47. The maximum Gasteiger partial charge on any atom is 0.410 e. The number of anilines is 1. The van der Waals surface area contributed by atoms with Gasteiger partial charge in [0.15, 0.2) is 0 Å². The molecular formula is C17H26N4O4. The number of methoxy groups -OCH3 is 1. The zero-order valence-electron chi connectivity index (χ0n) is 15.5. The number of carbonyl (C=O) groups is 2. The van der Waals surface area contributed by atoms with E-state index in [1.54, 1.807) is 23.1 Å². The van der Waals surface area contributed by atoms with Gasteiger partial charge in [0.1, 0.15) is 5.60 Å². The van der Waals surface area contributed by atoms with Gasteiger partial charge in [-0.2, -0.15) is 5.10 Å². The summed E-state index contributed by atoms with van der Waals surface area (Å²) in [4.78, 5) is 28.2. The Hall–Kier alpha value is -2.09. The first-order chi connectivity index (χ1) is 11.7. The summed E-state index contributed by atoms with van der Waals surface area (Å²) in [6, 6.07) is -0.0314. The molecule has 2 atom stereocenters. The second-order valence-corrected chi connectivity index (χ2v) is 7.68. The topological polar surface area (TPSA) is 76.9 Å². The van der Waals surface area contributed by atoms with Gasteiger partial charge in [0.05, 0.1) is 55.8 Å². The van der Waals surface area contributed by atoms with Gasteiger partial charge < -0.3 is 14.4 Å². The molecule has 3 rings (SSSR count). The third-order valence-electron chi connectivity index (χ3n) is 4.56. The second kappa shape index (κ2) is 6.33. The highest BCUT2D eigenvalue weighted by Crippen LogP contribution is 2.31. The minimum atomic E-state index is -0.548. The molecule has 25 heavy (non-hydrogen) atoms. The first-order valence-corrected chi connectivity index (χ1v) is 8.57. The van der Waals surface area contributed by atoms with Gasteiger partial charge in [0.25, 0.3) is 0 Å². The number of aromatic nitrogens is 2. The van der Waals surface area contributed by atoms with E-state index in [2.05, 4.69) is 5.10 Å². The summed E-state index contributed by atoms with van der Waals surface area (Å²) in [6.07, 6.45) is 1.62. The van der Waals surface area contributed by atoms with Crippen LogP contribution in [0, 0.1) is 0 Å². The molecular weight excluding hydrogens is 324 g/mol. The Morgan fingerprint density at radius 3 is 2.64 bits per heavy atom. The molecule has 0 unspecified atom stereocenters. The summed E-state index contributed by atoms with van der Waals surface area (Å²) < 4.78 is 12.7. The molecule has 138 valence electrons. The molecule has 1 fully saturated rings. The molecule has 0 radical (unpaired) electrons. The molecule has 2 amide bonds. The molecule has 0 bridgehead atoms. The highest BCUT2D eigenvalue weighted by atomic mass is 16.6. The molecule has 1 saturated heterocycles. The Kier molecular flexibility index (Phi) is 4.49. The average molecular weight is 350 g/mol. The third-order valence-corrected chi connectivity index (χ3v) is 4.56. The predicted molar refractivity (Wildman–Crippen MR) is 91.2 cm³/mol. The number of rotatable bonds is 2. The van der Waals surface area contributed by atoms with E-state index >= 15 is 0 Å². The molecule has 2 aliphatic rings. The second-order valence-electron chi connectivity index (χ2n) is 7.68. The number of fused-ring (bicyclic) bond motifs is 1. The van der Waals surface area contributed by atoms with Gasteiger partial charge in [-0.3, -0.25) is 14.4 Å². The molecule has 0 spiro atoms. The summed E-state index contributed by atoms with van der Waals surface area (Å²) >= 11 is 0. The van der Waals surface area contributed by atoms with E-state index in [9.17, 15) is 9.59 Å². The molecule has 0 aliphatic carbocycles. The fourth-order valence-corrected chi connectivity index (χ4v) is 3.24. The molecule has 0 N–H and O–H groups in total. The predicted octanol–water partition coefficient (Wildman–Crippen LogP) is 1.77. The number of carbonyl (C=O) groups excluding carboxylic acids is 2. The standard InChI is InChI=1S/C17H26N4O4/c1-11-8-21-14(10-19(11)16(23)25-17(2,3)4)13(7-18-21)20-9-12(24-5)6-15(20)22/h7,11-12H,6,8-10H2,1-5H3/t11-,12+/m0/s1. The number of hydrogen-bond acceptors (Lipinski definition) is 5. The van der Waals surface area contributed by atoms with Gasteiger partial charge in [0.2, 0.25) is 5.91 Å². The van der Waals surface area contributed by atoms with Crippen LogP contribution >= 0.6 is 0 Å². The highest BCUT2D eigenvalue weighted by molar-refractivity contribution is 5.96. The lowest BCUT2D eigenvalue weighted by molar-refractivity contribution is -0.117. The quantitative estimate of drug-likeness (QED) is 0.812. The van der Waals surface area contributed by atoms with Crippen molar-refractivity contribution >= 4 is 17.7 Å². The Labute approximate surface area is 147 Å². The van der Waals surface area contributed by atoms with Gasteiger partial charge in [-0.15, -0.1) is 0 Å². The molecule has 1 aromatic rings. The molecule has 2 aliphatic heterocycles. The summed E-state index contributed by atoms with van der Waals surface area (Å²) in [7, 11) is 1.61. The molecule has 8 heteroatoms. The average Bonchev–Trinajstić information content (AvgIpc) is 3.07. The van der Waals surface area contributed by atoms with Gasteiger partial charge in [-0.25, -0.2) is 4.79 Å². The van der Waals surface area contributed by atoms with Gasteiger partial charge in [-0.05, 0) is 27.7 Å². The summed E-state index contributed by atoms with van der Waals surface area (Å²) in [5, 5.41) is 4.41. The molecule has 0 saturated carbocycles. The van der Waals surface area contributed by atoms with E-state index in [1.165, 1.54) is 0 Å². The fourth-order valence-electron chi connectivity index (χ4n) is 3.24. The van der Waals surface area contributed by atoms with Crippen LogP contribution in [0.25, 0.3) is 0 Å². The molecule has 8 nitrogen and oxygen atoms in total. The van der Waals surface area contributed by atoms with Crippen molar-refractivity contribution in [3.63, 3.8) is 0 Å². The maximum absolute atomic E-state index is 12.5. The van der Waals surface area contributed by atoms with Crippen molar-refractivity contribution in [1.82, 2.24) is 14.7 Å². The maximum atomic E-state index is 12.5. The normalized spacial score (nSPS) is 23.8. The van der Waals surface area contributed by atoms with Crippen LogP contribution in [0.1, 0.15) is 39.8 Å². The summed E-state index contributed by atoms with van der Waals surface area (Å²) in [6.45, 7) is 8.97. The van der Waals surface area contributed by atoms with E-state index in [0.717, 1.165) is 11.4 Å². The third kappa shape index (κ3) is 3.49. The first-order valence-electron chi connectivity index (χ1n) is 8.57. The number of amides is 2. The number of hydrogen-bond donors (Lipinski definition) is 0. The van der Waals surface area contributed by atoms with Crippen LogP contribution < -0.4 is 4.90 Å². The van der Waals surface area contributed by atoms with Crippen LogP contribution in [0.3, 0.4) is 0 Å². The van der Waals surface area contributed by atoms with Crippen LogP contribution in [0.5, 0.6) is 0 Å². The Bertz CT molecular complexity index is 679. The molecule has 1 aromatic heterocycles. The molecule has 3 heterocycles. The van der Waals surface area contributed by atoms with Crippen molar-refractivity contribution in [3.05, 3.63) is 11.9 Å². The Morgan fingerprint density at radius 1 is 1.32 bits per heavy atom. The monoisotopic (exact) mass is 350 g/mol. The van der Waals surface area contributed by atoms with Gasteiger partial charge >= 0.3 is 6.09 Å². The van der Waals surface area contributed by atoms with Crippen molar-refractivity contribution in [3.8, 4) is 0 Å². The van der Waals surface area contributed by atoms with E-state index in [0.29, 0.717) is 26.1 Å². The van der Waals surface area contributed by atoms with Crippen LogP contribution in [-0.4, -0.2) is 58.1 Å². The molecule has 0 aromatic carbocycles. The summed E-state index contributed by atoms with van der Waals surface area (Å²) in [5.74, 6) is 0.0186. The van der Waals surface area contributed by atoms with E-state index in [1.807, 2.05) is 32.4 Å². The van der Waals surface area contributed by atoms with Gasteiger partial charge in [0, 0.05) is 7.11 Å². The fraction of sp³-hybridized carbons (Fsp3) is 0.706. The van der Waals surface area contributed by atoms with Crippen molar-refractivity contribution in [2.75, 3.05) is 18.6 Å². The number of ether oxygens (including phenoxy) is 2. The SMILES string of the molecule is CO[C@@H]1CC(=O)N(c2cnn3c2CN(C(=O)OC(C)(C)C)[C@@H](C)C3)C1. The zero-order chi connectivity index (χ0) is 18.4. The summed E-state index contributed by atoms with van der Waals surface area (Å²) in [5.41, 5.74) is 1.06. The lowest BCUT2D eigenvalue weighted by atomic mass is 10.2. The van der Waals surface area contributed by atoms with Crippen molar-refractivity contribution < 1.29 is 19.1 Å². The minimum absolute atomic E-state index is 0.0186. The largest absolute Gasteiger partial charge is 0.444 e. The van der Waals surface area contributed by atoms with Crippen LogP contribution in [-0.2, 0) is 27.4 Å². The van der Waals surface area contributed by atoms with Crippen LogP contribution in [0.15, 0.2) is 6.20 Å². The smallest absolute Gasteiger partial charge is 0.410 e. The Balaban J connectivity index is 1.83. The minimum Gasteiger partial charge on any atom is -0.444 e. The zero-order valence-corrected chi connectivity index (χ0v) is 15.5. The highest BCUT2D eigenvalue weighted by Gasteiger charge is 2.37. The lowest BCUT2D eigenvalue weighted by Gasteiger charge is -2.36. The van der Waals surface area contributed by atoms with E-state index in [4.69, 9.17) is 9.47 Å². The van der Waals surface area contributed by atoms with Crippen molar-refractivity contribution in [2.45, 2.75) is 65.0 Å².